The molecular weight excluding hydrogens is 358 g/mol. The third-order valence-electron chi connectivity index (χ3n) is 3.59. The van der Waals surface area contributed by atoms with Gasteiger partial charge in [0.1, 0.15) is 6.61 Å². The van der Waals surface area contributed by atoms with Crippen molar-refractivity contribution in [3.63, 3.8) is 0 Å². The van der Waals surface area contributed by atoms with Crippen LogP contribution in [-0.4, -0.2) is 10.5 Å². The molecule has 0 saturated heterocycles. The van der Waals surface area contributed by atoms with Crippen LogP contribution in [-0.2, 0) is 16.1 Å². The number of halogens is 1. The summed E-state index contributed by atoms with van der Waals surface area (Å²) >= 11 is 3.46. The lowest BCUT2D eigenvalue weighted by atomic mass is 10.1. The predicted octanol–water partition coefficient (Wildman–Crippen LogP) is 3.82. The Morgan fingerprint density at radius 3 is 2.70 bits per heavy atom. The second-order valence-corrected chi connectivity index (χ2v) is 5.95. The molecule has 0 saturated carbocycles. The van der Waals surface area contributed by atoms with Crippen molar-refractivity contribution in [3.8, 4) is 5.69 Å². The molecule has 1 heterocycles. The average Bonchev–Trinajstić information content (AvgIpc) is 2.54. The molecule has 0 aliphatic heterocycles. The maximum absolute atomic E-state index is 12.8. The maximum Gasteiger partial charge on any atom is 0.302 e. The summed E-state index contributed by atoms with van der Waals surface area (Å²) < 4.78 is 7.48. The van der Waals surface area contributed by atoms with Gasteiger partial charge in [-0.05, 0) is 29.7 Å². The fourth-order valence-corrected chi connectivity index (χ4v) is 2.94. The number of carbonyl (C=O) groups excluding carboxylic acids is 1. The molecule has 2 aromatic carbocycles. The third-order valence-corrected chi connectivity index (χ3v) is 4.33. The number of ether oxygens (including phenoxy) is 1. The molecule has 0 unspecified atom stereocenters. The number of rotatable bonds is 3. The molecule has 0 amide bonds. The Kier molecular flexibility index (Phi) is 4.30. The lowest BCUT2D eigenvalue weighted by Gasteiger charge is -2.14. The SMILES string of the molecule is CC(=O)OCc1c(Br)cccc1-n1ccc2ccccc2c1=O. The average molecular weight is 372 g/mol. The van der Waals surface area contributed by atoms with E-state index in [0.717, 1.165) is 15.4 Å². The maximum atomic E-state index is 12.8. The number of carbonyl (C=O) groups is 1. The Morgan fingerprint density at radius 1 is 1.13 bits per heavy atom. The highest BCUT2D eigenvalue weighted by Gasteiger charge is 2.12. The molecule has 0 aliphatic carbocycles. The summed E-state index contributed by atoms with van der Waals surface area (Å²) in [6.45, 7) is 1.46. The van der Waals surface area contributed by atoms with E-state index in [1.54, 1.807) is 16.8 Å². The molecule has 0 fully saturated rings. The van der Waals surface area contributed by atoms with Crippen molar-refractivity contribution in [1.82, 2.24) is 4.57 Å². The first-order chi connectivity index (χ1) is 11.1. The van der Waals surface area contributed by atoms with Crippen LogP contribution in [0.1, 0.15) is 12.5 Å². The Bertz CT molecular complexity index is 946. The monoisotopic (exact) mass is 371 g/mol. The van der Waals surface area contributed by atoms with Crippen molar-refractivity contribution >= 4 is 32.7 Å². The Morgan fingerprint density at radius 2 is 1.91 bits per heavy atom. The topological polar surface area (TPSA) is 48.3 Å². The van der Waals surface area contributed by atoms with Crippen LogP contribution in [0.5, 0.6) is 0 Å². The number of aromatic nitrogens is 1. The summed E-state index contributed by atoms with van der Waals surface area (Å²) in [6, 6.07) is 14.9. The van der Waals surface area contributed by atoms with Gasteiger partial charge in [0.25, 0.3) is 5.56 Å². The van der Waals surface area contributed by atoms with Crippen LogP contribution >= 0.6 is 15.9 Å². The van der Waals surface area contributed by atoms with E-state index < -0.39 is 0 Å². The molecule has 1 aromatic heterocycles. The Hall–Kier alpha value is -2.40. The smallest absolute Gasteiger partial charge is 0.302 e. The van der Waals surface area contributed by atoms with Crippen molar-refractivity contribution in [3.05, 3.63) is 75.1 Å². The van der Waals surface area contributed by atoms with Gasteiger partial charge in [0.15, 0.2) is 0 Å². The molecule has 116 valence electrons. The number of hydrogen-bond acceptors (Lipinski definition) is 3. The fraction of sp³-hybridized carbons (Fsp3) is 0.111. The van der Waals surface area contributed by atoms with Gasteiger partial charge >= 0.3 is 5.97 Å². The van der Waals surface area contributed by atoms with Gasteiger partial charge in [-0.1, -0.05) is 40.2 Å². The summed E-state index contributed by atoms with van der Waals surface area (Å²) in [5, 5.41) is 1.54. The summed E-state index contributed by atoms with van der Waals surface area (Å²) in [7, 11) is 0. The lowest BCUT2D eigenvalue weighted by molar-refractivity contribution is -0.142. The van der Waals surface area contributed by atoms with Crippen molar-refractivity contribution in [2.24, 2.45) is 0 Å². The number of hydrogen-bond donors (Lipinski definition) is 0. The van der Waals surface area contributed by atoms with Crippen LogP contribution in [0.4, 0.5) is 0 Å². The minimum Gasteiger partial charge on any atom is -0.461 e. The van der Waals surface area contributed by atoms with E-state index in [2.05, 4.69) is 15.9 Å². The molecule has 0 spiro atoms. The van der Waals surface area contributed by atoms with Crippen molar-refractivity contribution < 1.29 is 9.53 Å². The molecule has 3 rings (SSSR count). The minimum atomic E-state index is -0.363. The summed E-state index contributed by atoms with van der Waals surface area (Å²) in [5.41, 5.74) is 1.33. The second kappa shape index (κ2) is 6.38. The zero-order valence-electron chi connectivity index (χ0n) is 12.5. The van der Waals surface area contributed by atoms with Crippen molar-refractivity contribution in [1.29, 1.82) is 0 Å². The van der Waals surface area contributed by atoms with E-state index in [1.807, 2.05) is 42.5 Å². The number of benzene rings is 2. The number of nitrogens with zero attached hydrogens (tertiary/aromatic N) is 1. The van der Waals surface area contributed by atoms with Crippen LogP contribution in [0.25, 0.3) is 16.5 Å². The largest absolute Gasteiger partial charge is 0.461 e. The first-order valence-corrected chi connectivity index (χ1v) is 7.89. The zero-order valence-corrected chi connectivity index (χ0v) is 14.0. The van der Waals surface area contributed by atoms with E-state index >= 15 is 0 Å². The minimum absolute atomic E-state index is 0.103. The van der Waals surface area contributed by atoms with E-state index in [1.165, 1.54) is 6.92 Å². The fourth-order valence-electron chi connectivity index (χ4n) is 2.47. The summed E-state index contributed by atoms with van der Waals surface area (Å²) in [5.74, 6) is -0.363. The molecule has 4 nitrogen and oxygen atoms in total. The van der Waals surface area contributed by atoms with Crippen molar-refractivity contribution in [2.45, 2.75) is 13.5 Å². The molecule has 0 atom stereocenters. The van der Waals surface area contributed by atoms with Gasteiger partial charge in [-0.2, -0.15) is 0 Å². The van der Waals surface area contributed by atoms with Gasteiger partial charge in [-0.15, -0.1) is 0 Å². The van der Waals surface area contributed by atoms with E-state index in [-0.39, 0.29) is 18.1 Å². The molecule has 0 N–H and O–H groups in total. The molecule has 5 heteroatoms. The molecule has 0 aliphatic rings. The van der Waals surface area contributed by atoms with Crippen LogP contribution in [0.3, 0.4) is 0 Å². The predicted molar refractivity (Wildman–Crippen MR) is 92.7 cm³/mol. The van der Waals surface area contributed by atoms with Crippen LogP contribution in [0.15, 0.2) is 64.0 Å². The van der Waals surface area contributed by atoms with Crippen LogP contribution in [0, 0.1) is 0 Å². The Labute approximate surface area is 141 Å². The molecular formula is C18H14BrNO3. The van der Waals surface area contributed by atoms with E-state index in [0.29, 0.717) is 11.1 Å². The van der Waals surface area contributed by atoms with Gasteiger partial charge in [0.2, 0.25) is 0 Å². The normalized spacial score (nSPS) is 10.7. The zero-order chi connectivity index (χ0) is 16.4. The number of esters is 1. The third kappa shape index (κ3) is 3.05. The molecule has 0 radical (unpaired) electrons. The first kappa shape index (κ1) is 15.5. The first-order valence-electron chi connectivity index (χ1n) is 7.09. The van der Waals surface area contributed by atoms with Gasteiger partial charge < -0.3 is 4.74 Å². The van der Waals surface area contributed by atoms with Crippen molar-refractivity contribution in [2.75, 3.05) is 0 Å². The highest BCUT2D eigenvalue weighted by Crippen LogP contribution is 2.24. The van der Waals surface area contributed by atoms with Gasteiger partial charge in [0, 0.05) is 28.5 Å². The van der Waals surface area contributed by atoms with Gasteiger partial charge in [-0.3, -0.25) is 14.2 Å². The van der Waals surface area contributed by atoms with E-state index in [4.69, 9.17) is 4.74 Å². The van der Waals surface area contributed by atoms with Crippen LogP contribution in [0.2, 0.25) is 0 Å². The summed E-state index contributed by atoms with van der Waals surface area (Å²) in [6.07, 6.45) is 1.74. The van der Waals surface area contributed by atoms with Crippen LogP contribution < -0.4 is 5.56 Å². The molecule has 0 bridgehead atoms. The second-order valence-electron chi connectivity index (χ2n) is 5.10. The number of fused-ring (bicyclic) bond motifs is 1. The van der Waals surface area contributed by atoms with E-state index in [9.17, 15) is 9.59 Å². The highest BCUT2D eigenvalue weighted by molar-refractivity contribution is 9.10. The summed E-state index contributed by atoms with van der Waals surface area (Å²) in [4.78, 5) is 23.9. The number of pyridine rings is 1. The van der Waals surface area contributed by atoms with Gasteiger partial charge in [0.05, 0.1) is 5.69 Å². The lowest BCUT2D eigenvalue weighted by Crippen LogP contribution is -2.19. The standard InChI is InChI=1S/C18H14BrNO3/c1-12(21)23-11-15-16(19)7-4-8-17(15)20-10-9-13-5-2-3-6-14(13)18(20)22/h2-10H,11H2,1H3. The molecule has 23 heavy (non-hydrogen) atoms. The quantitative estimate of drug-likeness (QED) is 0.657. The highest BCUT2D eigenvalue weighted by atomic mass is 79.9. The Balaban J connectivity index is 2.19. The molecule has 3 aromatic rings. The van der Waals surface area contributed by atoms with Gasteiger partial charge in [-0.25, -0.2) is 0 Å².